The second-order valence-electron chi connectivity index (χ2n) is 7.86. The molecule has 0 radical (unpaired) electrons. The highest BCUT2D eigenvalue weighted by Crippen LogP contribution is 2.44. The molecular formula is C23H24FN5O2. The van der Waals surface area contributed by atoms with Gasteiger partial charge < -0.3 is 20.4 Å². The average molecular weight is 421 g/mol. The number of nitrogens with one attached hydrogen (secondary N) is 1. The van der Waals surface area contributed by atoms with Crippen molar-refractivity contribution in [3.8, 4) is 11.8 Å². The van der Waals surface area contributed by atoms with E-state index in [1.54, 1.807) is 17.0 Å². The summed E-state index contributed by atoms with van der Waals surface area (Å²) in [7, 11) is 0. The Morgan fingerprint density at radius 1 is 1.29 bits per heavy atom. The third kappa shape index (κ3) is 3.79. The largest absolute Gasteiger partial charge is 0.487 e. The molecule has 0 amide bonds. The number of pyridine rings is 2. The quantitative estimate of drug-likeness (QED) is 0.606. The number of nitriles is 1. The summed E-state index contributed by atoms with van der Waals surface area (Å²) in [5, 5.41) is 12.5. The van der Waals surface area contributed by atoms with Gasteiger partial charge in [0, 0.05) is 24.6 Å². The van der Waals surface area contributed by atoms with Gasteiger partial charge in [-0.15, -0.1) is 0 Å². The Kier molecular flexibility index (Phi) is 5.76. The van der Waals surface area contributed by atoms with E-state index in [9.17, 15) is 10.1 Å². The van der Waals surface area contributed by atoms with Crippen molar-refractivity contribution in [1.82, 2.24) is 9.55 Å². The van der Waals surface area contributed by atoms with Crippen molar-refractivity contribution in [2.24, 2.45) is 0 Å². The van der Waals surface area contributed by atoms with E-state index in [2.05, 4.69) is 10.3 Å². The van der Waals surface area contributed by atoms with Gasteiger partial charge in [-0.2, -0.15) is 5.26 Å². The number of benzene rings is 1. The SMILES string of the molecule is CC1COc2c(NC3CCCC3)c(F)c(N)c3c(=O)c(C#N)cn1c23.c1ccncc1. The zero-order valence-electron chi connectivity index (χ0n) is 17.3. The monoisotopic (exact) mass is 421 g/mol. The Balaban J connectivity index is 0.000000334. The van der Waals surface area contributed by atoms with Crippen LogP contribution in [0.15, 0.2) is 41.6 Å². The van der Waals surface area contributed by atoms with Gasteiger partial charge in [-0.05, 0) is 31.9 Å². The molecule has 3 heterocycles. The van der Waals surface area contributed by atoms with Gasteiger partial charge >= 0.3 is 0 Å². The van der Waals surface area contributed by atoms with Crippen LogP contribution in [0.3, 0.4) is 0 Å². The van der Waals surface area contributed by atoms with Crippen molar-refractivity contribution in [3.05, 3.63) is 58.4 Å². The van der Waals surface area contributed by atoms with E-state index in [4.69, 9.17) is 10.5 Å². The maximum Gasteiger partial charge on any atom is 0.209 e. The summed E-state index contributed by atoms with van der Waals surface area (Å²) < 4.78 is 22.6. The molecular weight excluding hydrogens is 397 g/mol. The summed E-state index contributed by atoms with van der Waals surface area (Å²) in [5.41, 5.74) is 5.84. The molecule has 1 aromatic carbocycles. The maximum atomic E-state index is 15.0. The lowest BCUT2D eigenvalue weighted by Gasteiger charge is -2.30. The van der Waals surface area contributed by atoms with E-state index in [1.807, 2.05) is 31.2 Å². The molecule has 1 atom stereocenters. The molecule has 2 aliphatic rings. The summed E-state index contributed by atoms with van der Waals surface area (Å²) in [6.45, 7) is 2.25. The van der Waals surface area contributed by atoms with Crippen LogP contribution in [0.25, 0.3) is 10.9 Å². The molecule has 0 spiro atoms. The molecule has 1 aliphatic carbocycles. The molecule has 8 heteroatoms. The molecule has 1 unspecified atom stereocenters. The van der Waals surface area contributed by atoms with Gasteiger partial charge in [0.25, 0.3) is 0 Å². The van der Waals surface area contributed by atoms with E-state index in [1.165, 1.54) is 6.20 Å². The Morgan fingerprint density at radius 3 is 2.58 bits per heavy atom. The number of nitrogens with zero attached hydrogens (tertiary/aromatic N) is 3. The van der Waals surface area contributed by atoms with E-state index in [0.29, 0.717) is 17.9 Å². The van der Waals surface area contributed by atoms with Crippen LogP contribution in [0.1, 0.15) is 44.2 Å². The van der Waals surface area contributed by atoms with Gasteiger partial charge in [0.15, 0.2) is 11.6 Å². The van der Waals surface area contributed by atoms with E-state index in [0.717, 1.165) is 25.7 Å². The maximum absolute atomic E-state index is 15.0. The lowest BCUT2D eigenvalue weighted by Crippen LogP contribution is -2.27. The van der Waals surface area contributed by atoms with E-state index >= 15 is 4.39 Å². The predicted octanol–water partition coefficient (Wildman–Crippen LogP) is 3.98. The molecule has 2 aromatic heterocycles. The summed E-state index contributed by atoms with van der Waals surface area (Å²) in [6, 6.07) is 7.67. The highest BCUT2D eigenvalue weighted by atomic mass is 19.1. The van der Waals surface area contributed by atoms with Crippen LogP contribution in [0, 0.1) is 17.1 Å². The first-order chi connectivity index (χ1) is 15.0. The topological polar surface area (TPSA) is 106 Å². The molecule has 3 N–H and O–H groups in total. The normalized spacial score (nSPS) is 17.4. The van der Waals surface area contributed by atoms with Crippen LogP contribution in [-0.2, 0) is 0 Å². The van der Waals surface area contributed by atoms with Crippen LogP contribution >= 0.6 is 0 Å². The van der Waals surface area contributed by atoms with Crippen LogP contribution in [0.5, 0.6) is 5.75 Å². The number of rotatable bonds is 2. The molecule has 3 aromatic rings. The number of nitrogens with two attached hydrogens (primary N) is 1. The van der Waals surface area contributed by atoms with Gasteiger partial charge in [-0.3, -0.25) is 9.78 Å². The molecule has 160 valence electrons. The van der Waals surface area contributed by atoms with E-state index in [-0.39, 0.29) is 34.4 Å². The standard InChI is InChI=1S/C18H19FN4O2.C5H5N/c1-9-8-25-18-15(22-11-4-2-3-5-11)13(19)14(21)12-16(18)23(9)7-10(6-20)17(12)24;1-2-4-6-5-3-1/h7,9,11,22H,2-5,8,21H2,1H3;1-5H. The number of hydrogen-bond acceptors (Lipinski definition) is 6. The average Bonchev–Trinajstić information content (AvgIpc) is 3.31. The van der Waals surface area contributed by atoms with Crippen molar-refractivity contribution in [2.45, 2.75) is 44.7 Å². The number of hydrogen-bond donors (Lipinski definition) is 2. The lowest BCUT2D eigenvalue weighted by atomic mass is 10.0. The number of anilines is 2. The third-order valence-corrected chi connectivity index (χ3v) is 5.74. The first-order valence-electron chi connectivity index (χ1n) is 10.4. The fourth-order valence-electron chi connectivity index (χ4n) is 4.14. The fraction of sp³-hybridized carbons (Fsp3) is 0.348. The van der Waals surface area contributed by atoms with Crippen molar-refractivity contribution >= 4 is 22.3 Å². The van der Waals surface area contributed by atoms with Crippen molar-refractivity contribution < 1.29 is 9.13 Å². The van der Waals surface area contributed by atoms with Crippen LogP contribution in [-0.4, -0.2) is 22.2 Å². The Labute approximate surface area is 179 Å². The fourth-order valence-corrected chi connectivity index (χ4v) is 4.14. The van der Waals surface area contributed by atoms with Gasteiger partial charge in [-0.25, -0.2) is 4.39 Å². The van der Waals surface area contributed by atoms with Crippen molar-refractivity contribution in [3.63, 3.8) is 0 Å². The third-order valence-electron chi connectivity index (χ3n) is 5.74. The Morgan fingerprint density at radius 2 is 2.00 bits per heavy atom. The minimum Gasteiger partial charge on any atom is -0.487 e. The minimum absolute atomic E-state index is 0.0232. The number of aromatic nitrogens is 2. The predicted molar refractivity (Wildman–Crippen MR) is 118 cm³/mol. The summed E-state index contributed by atoms with van der Waals surface area (Å²) in [5.74, 6) is -0.365. The molecule has 0 bridgehead atoms. The van der Waals surface area contributed by atoms with Crippen LogP contribution in [0.2, 0.25) is 0 Å². The van der Waals surface area contributed by atoms with Gasteiger partial charge in [0.05, 0.1) is 22.6 Å². The Bertz CT molecular complexity index is 1170. The molecule has 1 aliphatic heterocycles. The van der Waals surface area contributed by atoms with Crippen LogP contribution in [0.4, 0.5) is 15.8 Å². The highest BCUT2D eigenvalue weighted by molar-refractivity contribution is 6.00. The Hall–Kier alpha value is -3.60. The van der Waals surface area contributed by atoms with Crippen LogP contribution < -0.4 is 21.2 Å². The molecule has 0 saturated heterocycles. The zero-order valence-corrected chi connectivity index (χ0v) is 17.3. The summed E-state index contributed by atoms with van der Waals surface area (Å²) >= 11 is 0. The minimum atomic E-state index is -0.678. The van der Waals surface area contributed by atoms with Gasteiger partial charge in [0.1, 0.15) is 23.9 Å². The van der Waals surface area contributed by atoms with Gasteiger partial charge in [0.2, 0.25) is 5.43 Å². The molecule has 1 saturated carbocycles. The molecule has 31 heavy (non-hydrogen) atoms. The van der Waals surface area contributed by atoms with Crippen molar-refractivity contribution in [2.75, 3.05) is 17.7 Å². The molecule has 7 nitrogen and oxygen atoms in total. The number of nitrogen functional groups attached to an aromatic ring is 1. The van der Waals surface area contributed by atoms with E-state index < -0.39 is 11.2 Å². The summed E-state index contributed by atoms with van der Waals surface area (Å²) in [6.07, 6.45) is 9.15. The lowest BCUT2D eigenvalue weighted by molar-refractivity contribution is 0.247. The molecule has 1 fully saturated rings. The first kappa shape index (κ1) is 20.7. The highest BCUT2D eigenvalue weighted by Gasteiger charge is 2.30. The second-order valence-corrected chi connectivity index (χ2v) is 7.86. The number of ether oxygens (including phenoxy) is 1. The number of halogens is 1. The van der Waals surface area contributed by atoms with Crippen molar-refractivity contribution in [1.29, 1.82) is 5.26 Å². The summed E-state index contributed by atoms with van der Waals surface area (Å²) in [4.78, 5) is 16.4. The first-order valence-corrected chi connectivity index (χ1v) is 10.4. The van der Waals surface area contributed by atoms with Gasteiger partial charge in [-0.1, -0.05) is 18.9 Å². The second kappa shape index (κ2) is 8.64. The zero-order chi connectivity index (χ0) is 22.0. The smallest absolute Gasteiger partial charge is 0.209 e. The molecule has 5 rings (SSSR count).